The van der Waals surface area contributed by atoms with Crippen LogP contribution >= 0.6 is 0 Å². The highest BCUT2D eigenvalue weighted by Gasteiger charge is 1.97. The zero-order chi connectivity index (χ0) is 11.4. The lowest BCUT2D eigenvalue weighted by atomic mass is 10.3. The van der Waals surface area contributed by atoms with Crippen molar-refractivity contribution in [3.05, 3.63) is 53.4 Å². The van der Waals surface area contributed by atoms with Crippen LogP contribution in [0.5, 0.6) is 11.5 Å². The van der Waals surface area contributed by atoms with Crippen LogP contribution in [-0.2, 0) is 0 Å². The summed E-state index contributed by atoms with van der Waals surface area (Å²) in [6, 6.07) is 13.6. The molecule has 2 aromatic carbocycles. The molecule has 0 saturated carbocycles. The molecule has 0 aromatic heterocycles. The lowest BCUT2D eigenvalue weighted by Crippen LogP contribution is -1.86. The van der Waals surface area contributed by atoms with Crippen LogP contribution in [0.4, 0.5) is 11.4 Å². The molecule has 4 nitrogen and oxygen atoms in total. The number of nitrogen functional groups attached to an aromatic ring is 1. The van der Waals surface area contributed by atoms with Crippen LogP contribution in [0, 0.1) is 4.91 Å². The third-order valence-corrected chi connectivity index (χ3v) is 2.06. The Morgan fingerprint density at radius 1 is 0.875 bits per heavy atom. The summed E-state index contributed by atoms with van der Waals surface area (Å²) >= 11 is 0. The second kappa shape index (κ2) is 4.44. The van der Waals surface area contributed by atoms with Gasteiger partial charge in [-0.05, 0) is 53.7 Å². The summed E-state index contributed by atoms with van der Waals surface area (Å²) in [6.45, 7) is 0. The first-order valence-corrected chi connectivity index (χ1v) is 4.75. The van der Waals surface area contributed by atoms with Gasteiger partial charge in [0.2, 0.25) is 0 Å². The first-order valence-electron chi connectivity index (χ1n) is 4.75. The fourth-order valence-corrected chi connectivity index (χ4v) is 1.25. The molecule has 0 aliphatic rings. The molecule has 0 bridgehead atoms. The monoisotopic (exact) mass is 214 g/mol. The van der Waals surface area contributed by atoms with E-state index in [2.05, 4.69) is 5.18 Å². The molecule has 80 valence electrons. The molecule has 2 aromatic rings. The number of nitrogens with zero attached hydrogens (tertiary/aromatic N) is 1. The fourth-order valence-electron chi connectivity index (χ4n) is 1.25. The molecule has 2 rings (SSSR count). The highest BCUT2D eigenvalue weighted by atomic mass is 16.5. The number of benzene rings is 2. The lowest BCUT2D eigenvalue weighted by Gasteiger charge is -2.05. The van der Waals surface area contributed by atoms with E-state index in [4.69, 9.17) is 10.5 Å². The van der Waals surface area contributed by atoms with Gasteiger partial charge in [0, 0.05) is 5.69 Å². The molecule has 0 saturated heterocycles. The summed E-state index contributed by atoms with van der Waals surface area (Å²) in [7, 11) is 0. The lowest BCUT2D eigenvalue weighted by molar-refractivity contribution is 0.483. The molecule has 0 heterocycles. The highest BCUT2D eigenvalue weighted by Crippen LogP contribution is 2.24. The van der Waals surface area contributed by atoms with Gasteiger partial charge < -0.3 is 10.5 Å². The molecule has 4 heteroatoms. The Morgan fingerprint density at radius 3 is 1.88 bits per heavy atom. The van der Waals surface area contributed by atoms with E-state index in [9.17, 15) is 4.91 Å². The van der Waals surface area contributed by atoms with E-state index in [1.807, 2.05) is 0 Å². The Hall–Kier alpha value is -2.36. The number of nitrogens with two attached hydrogens (primary N) is 1. The Bertz CT molecular complexity index is 477. The van der Waals surface area contributed by atoms with E-state index in [0.29, 0.717) is 22.9 Å². The molecule has 0 aliphatic carbocycles. The van der Waals surface area contributed by atoms with Crippen LogP contribution in [0.2, 0.25) is 0 Å². The van der Waals surface area contributed by atoms with Crippen LogP contribution in [0.15, 0.2) is 53.7 Å². The van der Waals surface area contributed by atoms with E-state index in [1.165, 1.54) is 0 Å². The van der Waals surface area contributed by atoms with Gasteiger partial charge in [-0.15, -0.1) is 4.91 Å². The molecule has 0 radical (unpaired) electrons. The molecule has 0 aliphatic heterocycles. The second-order valence-corrected chi connectivity index (χ2v) is 3.26. The minimum absolute atomic E-state index is 0.379. The van der Waals surface area contributed by atoms with Crippen molar-refractivity contribution in [1.82, 2.24) is 0 Å². The summed E-state index contributed by atoms with van der Waals surface area (Å²) in [5.74, 6) is 1.35. The number of anilines is 1. The van der Waals surface area contributed by atoms with Crippen LogP contribution in [0.3, 0.4) is 0 Å². The van der Waals surface area contributed by atoms with Crippen molar-refractivity contribution >= 4 is 11.4 Å². The SMILES string of the molecule is Nc1ccc(Oc2ccc(N=O)cc2)cc1. The second-order valence-electron chi connectivity index (χ2n) is 3.26. The van der Waals surface area contributed by atoms with Crippen molar-refractivity contribution in [2.75, 3.05) is 5.73 Å². The number of hydrogen-bond acceptors (Lipinski definition) is 4. The summed E-state index contributed by atoms with van der Waals surface area (Å²) < 4.78 is 5.53. The summed E-state index contributed by atoms with van der Waals surface area (Å²) in [5, 5.41) is 2.81. The Balaban J connectivity index is 2.14. The van der Waals surface area contributed by atoms with Crippen molar-refractivity contribution in [2.45, 2.75) is 0 Å². The van der Waals surface area contributed by atoms with Crippen molar-refractivity contribution in [3.63, 3.8) is 0 Å². The maximum absolute atomic E-state index is 10.2. The number of rotatable bonds is 3. The van der Waals surface area contributed by atoms with Gasteiger partial charge in [-0.1, -0.05) is 0 Å². The molecule has 0 spiro atoms. The normalized spacial score (nSPS) is 9.75. The molecule has 0 atom stereocenters. The van der Waals surface area contributed by atoms with E-state index in [1.54, 1.807) is 48.5 Å². The summed E-state index contributed by atoms with van der Waals surface area (Å²) in [4.78, 5) is 10.2. The van der Waals surface area contributed by atoms with Crippen molar-refractivity contribution in [2.24, 2.45) is 5.18 Å². The van der Waals surface area contributed by atoms with Gasteiger partial charge in [0.05, 0.1) is 0 Å². The average Bonchev–Trinajstić information content (AvgIpc) is 2.33. The zero-order valence-electron chi connectivity index (χ0n) is 8.46. The first-order chi connectivity index (χ1) is 7.78. The molecule has 0 amide bonds. The molecule has 0 unspecified atom stereocenters. The topological polar surface area (TPSA) is 64.7 Å². The fraction of sp³-hybridized carbons (Fsp3) is 0. The van der Waals surface area contributed by atoms with Crippen molar-refractivity contribution in [1.29, 1.82) is 0 Å². The number of nitroso groups, excluding NO2 is 1. The molecule has 0 fully saturated rings. The van der Waals surface area contributed by atoms with Gasteiger partial charge >= 0.3 is 0 Å². The van der Waals surface area contributed by atoms with Crippen LogP contribution in [0.1, 0.15) is 0 Å². The summed E-state index contributed by atoms with van der Waals surface area (Å²) in [5.41, 5.74) is 6.62. The predicted molar refractivity (Wildman–Crippen MR) is 62.8 cm³/mol. The minimum Gasteiger partial charge on any atom is -0.457 e. The quantitative estimate of drug-likeness (QED) is 0.628. The van der Waals surface area contributed by atoms with Crippen molar-refractivity contribution in [3.8, 4) is 11.5 Å². The Kier molecular flexibility index (Phi) is 2.82. The third-order valence-electron chi connectivity index (χ3n) is 2.06. The third kappa shape index (κ3) is 2.36. The summed E-state index contributed by atoms with van der Waals surface area (Å²) in [6.07, 6.45) is 0. The zero-order valence-corrected chi connectivity index (χ0v) is 8.46. The Labute approximate surface area is 92.6 Å². The van der Waals surface area contributed by atoms with Crippen LogP contribution in [-0.4, -0.2) is 0 Å². The maximum Gasteiger partial charge on any atom is 0.127 e. The van der Waals surface area contributed by atoms with Crippen LogP contribution < -0.4 is 10.5 Å². The van der Waals surface area contributed by atoms with Crippen LogP contribution in [0.25, 0.3) is 0 Å². The van der Waals surface area contributed by atoms with Gasteiger partial charge in [0.1, 0.15) is 17.2 Å². The molecular weight excluding hydrogens is 204 g/mol. The predicted octanol–water partition coefficient (Wildman–Crippen LogP) is 3.46. The standard InChI is InChI=1S/C12H10N2O2/c13-9-1-5-11(6-2-9)16-12-7-3-10(14-15)4-8-12/h1-8H,13H2. The smallest absolute Gasteiger partial charge is 0.127 e. The number of hydrogen-bond donors (Lipinski definition) is 1. The van der Waals surface area contributed by atoms with Crippen molar-refractivity contribution < 1.29 is 4.74 Å². The maximum atomic E-state index is 10.2. The minimum atomic E-state index is 0.379. The van der Waals surface area contributed by atoms with E-state index >= 15 is 0 Å². The average molecular weight is 214 g/mol. The Morgan fingerprint density at radius 2 is 1.38 bits per heavy atom. The van der Waals surface area contributed by atoms with Gasteiger partial charge in [-0.25, -0.2) is 0 Å². The first kappa shape index (κ1) is 10.2. The van der Waals surface area contributed by atoms with Gasteiger partial charge in [-0.3, -0.25) is 0 Å². The van der Waals surface area contributed by atoms with Gasteiger partial charge in [0.15, 0.2) is 0 Å². The molecule has 16 heavy (non-hydrogen) atoms. The highest BCUT2D eigenvalue weighted by molar-refractivity contribution is 5.45. The molecular formula is C12H10N2O2. The van der Waals surface area contributed by atoms with Gasteiger partial charge in [0.25, 0.3) is 0 Å². The largest absolute Gasteiger partial charge is 0.457 e. The molecule has 2 N–H and O–H groups in total. The van der Waals surface area contributed by atoms with E-state index < -0.39 is 0 Å². The van der Waals surface area contributed by atoms with E-state index in [0.717, 1.165) is 0 Å². The van der Waals surface area contributed by atoms with E-state index in [-0.39, 0.29) is 0 Å². The number of ether oxygens (including phenoxy) is 1. The van der Waals surface area contributed by atoms with Gasteiger partial charge in [-0.2, -0.15) is 0 Å².